The Morgan fingerprint density at radius 3 is 2.67 bits per heavy atom. The number of hydrogen-bond acceptors (Lipinski definition) is 3. The van der Waals surface area contributed by atoms with Crippen LogP contribution in [0.4, 0.5) is 5.69 Å². The molecule has 0 spiro atoms. The lowest BCUT2D eigenvalue weighted by atomic mass is 10.2. The number of nitrogens with one attached hydrogen (secondary N) is 1. The standard InChI is InChI=1S/C16H13ClN2OS/c17-14-2-1-3-15(8-14)19-16(20)11-21-10-13-6-4-12(9-18)5-7-13/h1-8H,10-11H2,(H,19,20). The Kier molecular flexibility index (Phi) is 5.68. The van der Waals surface area contributed by atoms with Crippen LogP contribution in [0.25, 0.3) is 0 Å². The largest absolute Gasteiger partial charge is 0.325 e. The molecule has 0 aromatic heterocycles. The Labute approximate surface area is 132 Å². The lowest BCUT2D eigenvalue weighted by Crippen LogP contribution is -2.14. The van der Waals surface area contributed by atoms with Crippen LogP contribution in [0.15, 0.2) is 48.5 Å². The Morgan fingerprint density at radius 1 is 1.24 bits per heavy atom. The minimum Gasteiger partial charge on any atom is -0.325 e. The third kappa shape index (κ3) is 5.14. The molecule has 2 aromatic carbocycles. The van der Waals surface area contributed by atoms with Crippen molar-refractivity contribution in [3.8, 4) is 6.07 Å². The molecule has 21 heavy (non-hydrogen) atoms. The van der Waals surface area contributed by atoms with Crippen LogP contribution in [0.2, 0.25) is 5.02 Å². The van der Waals surface area contributed by atoms with Crippen molar-refractivity contribution >= 4 is 35.0 Å². The minimum atomic E-state index is -0.0593. The van der Waals surface area contributed by atoms with Gasteiger partial charge in [-0.15, -0.1) is 11.8 Å². The Hall–Kier alpha value is -1.96. The number of nitrogens with zero attached hydrogens (tertiary/aromatic N) is 1. The van der Waals surface area contributed by atoms with Crippen LogP contribution in [-0.4, -0.2) is 11.7 Å². The van der Waals surface area contributed by atoms with Crippen LogP contribution in [0.1, 0.15) is 11.1 Å². The van der Waals surface area contributed by atoms with Crippen molar-refractivity contribution in [3.63, 3.8) is 0 Å². The molecule has 0 unspecified atom stereocenters. The van der Waals surface area contributed by atoms with E-state index < -0.39 is 0 Å². The average Bonchev–Trinajstić information content (AvgIpc) is 2.48. The normalized spacial score (nSPS) is 9.90. The van der Waals surface area contributed by atoms with Crippen molar-refractivity contribution in [3.05, 3.63) is 64.7 Å². The van der Waals surface area contributed by atoms with Crippen LogP contribution < -0.4 is 5.32 Å². The van der Waals surface area contributed by atoms with Crippen LogP contribution in [-0.2, 0) is 10.5 Å². The highest BCUT2D eigenvalue weighted by atomic mass is 35.5. The van der Waals surface area contributed by atoms with E-state index in [1.54, 1.807) is 36.4 Å². The zero-order chi connectivity index (χ0) is 15.1. The quantitative estimate of drug-likeness (QED) is 0.904. The van der Waals surface area contributed by atoms with E-state index in [1.165, 1.54) is 11.8 Å². The molecule has 0 saturated heterocycles. The van der Waals surface area contributed by atoms with E-state index in [0.29, 0.717) is 22.0 Å². The molecule has 0 bridgehead atoms. The van der Waals surface area contributed by atoms with Crippen LogP contribution in [0.3, 0.4) is 0 Å². The van der Waals surface area contributed by atoms with Crippen LogP contribution in [0.5, 0.6) is 0 Å². The summed E-state index contributed by atoms with van der Waals surface area (Å²) in [6, 6.07) is 16.5. The van der Waals surface area contributed by atoms with E-state index in [1.807, 2.05) is 12.1 Å². The van der Waals surface area contributed by atoms with Gasteiger partial charge in [-0.25, -0.2) is 0 Å². The Morgan fingerprint density at radius 2 is 2.00 bits per heavy atom. The zero-order valence-corrected chi connectivity index (χ0v) is 12.7. The van der Waals surface area contributed by atoms with Crippen molar-refractivity contribution < 1.29 is 4.79 Å². The second-order valence-corrected chi connectivity index (χ2v) is 5.78. The van der Waals surface area contributed by atoms with E-state index in [-0.39, 0.29) is 5.91 Å². The highest BCUT2D eigenvalue weighted by molar-refractivity contribution is 7.99. The molecular weight excluding hydrogens is 304 g/mol. The first-order valence-electron chi connectivity index (χ1n) is 6.29. The molecule has 2 rings (SSSR count). The third-order valence-corrected chi connectivity index (χ3v) is 3.93. The molecule has 0 heterocycles. The lowest BCUT2D eigenvalue weighted by Gasteiger charge is -2.05. The van der Waals surface area contributed by atoms with Gasteiger partial charge in [0.25, 0.3) is 0 Å². The first kappa shape index (κ1) is 15.4. The molecule has 1 N–H and O–H groups in total. The summed E-state index contributed by atoms with van der Waals surface area (Å²) in [5.74, 6) is 1.04. The van der Waals surface area contributed by atoms with Crippen molar-refractivity contribution in [2.24, 2.45) is 0 Å². The van der Waals surface area contributed by atoms with Gasteiger partial charge in [0.2, 0.25) is 5.91 Å². The second kappa shape index (κ2) is 7.72. The number of benzene rings is 2. The van der Waals surface area contributed by atoms with Gasteiger partial charge in [0.1, 0.15) is 0 Å². The van der Waals surface area contributed by atoms with Gasteiger partial charge in [-0.3, -0.25) is 4.79 Å². The fourth-order valence-electron chi connectivity index (χ4n) is 1.70. The fraction of sp³-hybridized carbons (Fsp3) is 0.125. The van der Waals surface area contributed by atoms with Gasteiger partial charge >= 0.3 is 0 Å². The van der Waals surface area contributed by atoms with E-state index in [0.717, 1.165) is 11.3 Å². The van der Waals surface area contributed by atoms with Gasteiger partial charge in [0.05, 0.1) is 17.4 Å². The predicted molar refractivity (Wildman–Crippen MR) is 87.4 cm³/mol. The van der Waals surface area contributed by atoms with Gasteiger partial charge in [-0.05, 0) is 35.9 Å². The summed E-state index contributed by atoms with van der Waals surface area (Å²) in [4.78, 5) is 11.8. The summed E-state index contributed by atoms with van der Waals surface area (Å²) < 4.78 is 0. The van der Waals surface area contributed by atoms with Gasteiger partial charge in [-0.2, -0.15) is 5.26 Å². The molecule has 0 saturated carbocycles. The summed E-state index contributed by atoms with van der Waals surface area (Å²) in [7, 11) is 0. The number of hydrogen-bond donors (Lipinski definition) is 1. The summed E-state index contributed by atoms with van der Waals surface area (Å²) in [6.45, 7) is 0. The van der Waals surface area contributed by atoms with Crippen molar-refractivity contribution in [2.45, 2.75) is 5.75 Å². The molecule has 0 fully saturated rings. The van der Waals surface area contributed by atoms with E-state index in [2.05, 4.69) is 11.4 Å². The number of rotatable bonds is 5. The number of amides is 1. The molecule has 0 aliphatic rings. The molecule has 1 amide bonds. The Bertz CT molecular complexity index is 665. The maximum absolute atomic E-state index is 11.8. The van der Waals surface area contributed by atoms with Crippen LogP contribution >= 0.6 is 23.4 Å². The van der Waals surface area contributed by atoms with E-state index in [4.69, 9.17) is 16.9 Å². The number of nitriles is 1. The topological polar surface area (TPSA) is 52.9 Å². The van der Waals surface area contributed by atoms with E-state index in [9.17, 15) is 4.79 Å². The molecular formula is C16H13ClN2OS. The van der Waals surface area contributed by atoms with Gasteiger partial charge in [0.15, 0.2) is 0 Å². The SMILES string of the molecule is N#Cc1ccc(CSCC(=O)Nc2cccc(Cl)c2)cc1. The molecule has 2 aromatic rings. The Balaban J connectivity index is 1.77. The molecule has 106 valence electrons. The van der Waals surface area contributed by atoms with Crippen LogP contribution in [0, 0.1) is 11.3 Å². The van der Waals surface area contributed by atoms with Gasteiger partial charge in [0, 0.05) is 16.5 Å². The summed E-state index contributed by atoms with van der Waals surface area (Å²) >= 11 is 7.38. The molecule has 3 nitrogen and oxygen atoms in total. The molecule has 0 atom stereocenters. The summed E-state index contributed by atoms with van der Waals surface area (Å²) in [5, 5.41) is 12.1. The van der Waals surface area contributed by atoms with Crippen molar-refractivity contribution in [1.29, 1.82) is 5.26 Å². The molecule has 5 heteroatoms. The number of halogens is 1. The maximum Gasteiger partial charge on any atom is 0.234 e. The molecule has 0 aliphatic carbocycles. The predicted octanol–water partition coefficient (Wildman–Crippen LogP) is 4.08. The molecule has 0 aliphatic heterocycles. The fourth-order valence-corrected chi connectivity index (χ4v) is 2.68. The summed E-state index contributed by atoms with van der Waals surface area (Å²) in [5.41, 5.74) is 2.43. The summed E-state index contributed by atoms with van der Waals surface area (Å²) in [6.07, 6.45) is 0. The number of carbonyl (C=O) groups is 1. The van der Waals surface area contributed by atoms with E-state index >= 15 is 0 Å². The molecule has 0 radical (unpaired) electrons. The number of anilines is 1. The first-order chi connectivity index (χ1) is 10.2. The van der Waals surface area contributed by atoms with Gasteiger partial charge in [-0.1, -0.05) is 29.8 Å². The lowest BCUT2D eigenvalue weighted by molar-refractivity contribution is -0.113. The zero-order valence-electron chi connectivity index (χ0n) is 11.2. The smallest absolute Gasteiger partial charge is 0.234 e. The minimum absolute atomic E-state index is 0.0593. The monoisotopic (exact) mass is 316 g/mol. The average molecular weight is 317 g/mol. The highest BCUT2D eigenvalue weighted by Crippen LogP contribution is 2.16. The first-order valence-corrected chi connectivity index (χ1v) is 7.83. The van der Waals surface area contributed by atoms with Gasteiger partial charge < -0.3 is 5.32 Å². The highest BCUT2D eigenvalue weighted by Gasteiger charge is 2.03. The third-order valence-electron chi connectivity index (χ3n) is 2.69. The second-order valence-electron chi connectivity index (χ2n) is 4.36. The number of carbonyl (C=O) groups excluding carboxylic acids is 1. The maximum atomic E-state index is 11.8. The van der Waals surface area contributed by atoms with Crippen molar-refractivity contribution in [2.75, 3.05) is 11.1 Å². The number of thioether (sulfide) groups is 1. The van der Waals surface area contributed by atoms with Crippen molar-refractivity contribution in [1.82, 2.24) is 0 Å².